The Labute approximate surface area is 125 Å². The second-order valence-corrected chi connectivity index (χ2v) is 4.74. The van der Waals surface area contributed by atoms with E-state index in [1.54, 1.807) is 18.3 Å². The van der Waals surface area contributed by atoms with Crippen molar-refractivity contribution in [1.82, 2.24) is 4.98 Å². The van der Waals surface area contributed by atoms with Crippen LogP contribution < -0.4 is 9.47 Å². The third-order valence-corrected chi connectivity index (χ3v) is 3.03. The number of benzene rings is 1. The molecule has 21 heavy (non-hydrogen) atoms. The normalized spacial score (nSPS) is 12.0. The van der Waals surface area contributed by atoms with Gasteiger partial charge in [-0.15, -0.1) is 0 Å². The molecule has 1 aromatic carbocycles. The molecule has 0 fully saturated rings. The summed E-state index contributed by atoms with van der Waals surface area (Å²) in [5, 5.41) is 9.73. The number of nitrogens with zero attached hydrogens (tertiary/aromatic N) is 1. The molecule has 0 aliphatic rings. The Hall–Kier alpha value is -2.07. The average Bonchev–Trinajstić information content (AvgIpc) is 2.54. The van der Waals surface area contributed by atoms with Gasteiger partial charge in [-0.05, 0) is 37.1 Å². The molecule has 0 amide bonds. The van der Waals surface area contributed by atoms with Crippen molar-refractivity contribution in [3.63, 3.8) is 0 Å². The Balaban J connectivity index is 2.11. The van der Waals surface area contributed by atoms with Gasteiger partial charge >= 0.3 is 0 Å². The molecule has 0 aliphatic carbocycles. The van der Waals surface area contributed by atoms with Gasteiger partial charge in [-0.25, -0.2) is 0 Å². The SMILES string of the molecule is CCCOc1ccccc1Oc1ccc([C@H](O)CC)nc1. The minimum Gasteiger partial charge on any atom is -0.490 e. The van der Waals surface area contributed by atoms with Crippen molar-refractivity contribution in [3.05, 3.63) is 48.3 Å². The summed E-state index contributed by atoms with van der Waals surface area (Å²) in [5.74, 6) is 2.00. The Bertz CT molecular complexity index is 554. The Kier molecular flexibility index (Phi) is 5.58. The molecule has 0 radical (unpaired) electrons. The summed E-state index contributed by atoms with van der Waals surface area (Å²) in [7, 11) is 0. The molecule has 1 N–H and O–H groups in total. The van der Waals surface area contributed by atoms with Crippen molar-refractivity contribution in [2.24, 2.45) is 0 Å². The van der Waals surface area contributed by atoms with Crippen molar-refractivity contribution in [2.45, 2.75) is 32.8 Å². The van der Waals surface area contributed by atoms with Crippen molar-refractivity contribution < 1.29 is 14.6 Å². The fourth-order valence-electron chi connectivity index (χ4n) is 1.85. The average molecular weight is 287 g/mol. The van der Waals surface area contributed by atoms with Gasteiger partial charge in [-0.2, -0.15) is 0 Å². The number of aliphatic hydroxyl groups excluding tert-OH is 1. The van der Waals surface area contributed by atoms with E-state index >= 15 is 0 Å². The van der Waals surface area contributed by atoms with Crippen LogP contribution in [-0.2, 0) is 0 Å². The summed E-state index contributed by atoms with van der Waals surface area (Å²) >= 11 is 0. The smallest absolute Gasteiger partial charge is 0.169 e. The molecule has 2 aromatic rings. The summed E-state index contributed by atoms with van der Waals surface area (Å²) < 4.78 is 11.5. The Morgan fingerprint density at radius 3 is 2.48 bits per heavy atom. The Morgan fingerprint density at radius 1 is 1.10 bits per heavy atom. The van der Waals surface area contributed by atoms with Crippen LogP contribution in [0.5, 0.6) is 17.2 Å². The lowest BCUT2D eigenvalue weighted by Gasteiger charge is -2.12. The molecular weight excluding hydrogens is 266 g/mol. The number of rotatable bonds is 7. The maximum absolute atomic E-state index is 9.73. The molecule has 0 unspecified atom stereocenters. The first-order valence-electron chi connectivity index (χ1n) is 7.28. The van der Waals surface area contributed by atoms with Crippen LogP contribution in [0.4, 0.5) is 0 Å². The summed E-state index contributed by atoms with van der Waals surface area (Å²) in [6, 6.07) is 11.1. The number of hydrogen-bond acceptors (Lipinski definition) is 4. The van der Waals surface area contributed by atoms with Crippen molar-refractivity contribution >= 4 is 0 Å². The van der Waals surface area contributed by atoms with Gasteiger partial charge in [0.15, 0.2) is 11.5 Å². The second kappa shape index (κ2) is 7.64. The maximum Gasteiger partial charge on any atom is 0.169 e. The van der Waals surface area contributed by atoms with Crippen LogP contribution >= 0.6 is 0 Å². The van der Waals surface area contributed by atoms with E-state index in [0.29, 0.717) is 30.2 Å². The molecule has 112 valence electrons. The molecule has 4 nitrogen and oxygen atoms in total. The number of para-hydroxylation sites is 2. The lowest BCUT2D eigenvalue weighted by molar-refractivity contribution is 0.169. The quantitative estimate of drug-likeness (QED) is 0.832. The van der Waals surface area contributed by atoms with Gasteiger partial charge in [0.1, 0.15) is 5.75 Å². The number of pyridine rings is 1. The van der Waals surface area contributed by atoms with Crippen molar-refractivity contribution in [2.75, 3.05) is 6.61 Å². The number of ether oxygens (including phenoxy) is 2. The van der Waals surface area contributed by atoms with Gasteiger partial charge < -0.3 is 14.6 Å². The largest absolute Gasteiger partial charge is 0.490 e. The van der Waals surface area contributed by atoms with Gasteiger partial charge in [-0.1, -0.05) is 26.0 Å². The maximum atomic E-state index is 9.73. The number of aromatic nitrogens is 1. The second-order valence-electron chi connectivity index (χ2n) is 4.74. The van der Waals surface area contributed by atoms with Crippen molar-refractivity contribution in [1.29, 1.82) is 0 Å². The van der Waals surface area contributed by atoms with Crippen LogP contribution in [0, 0.1) is 0 Å². The zero-order valence-corrected chi connectivity index (χ0v) is 12.5. The van der Waals surface area contributed by atoms with E-state index in [1.165, 1.54) is 0 Å². The van der Waals surface area contributed by atoms with Crippen LogP contribution in [0.2, 0.25) is 0 Å². The van der Waals surface area contributed by atoms with Gasteiger partial charge in [-0.3, -0.25) is 4.98 Å². The van der Waals surface area contributed by atoms with Gasteiger partial charge in [0.2, 0.25) is 0 Å². The first-order valence-corrected chi connectivity index (χ1v) is 7.28. The summed E-state index contributed by atoms with van der Waals surface area (Å²) in [6.07, 6.45) is 2.67. The highest BCUT2D eigenvalue weighted by molar-refractivity contribution is 5.42. The van der Waals surface area contributed by atoms with Crippen LogP contribution in [0.15, 0.2) is 42.6 Å². The van der Waals surface area contributed by atoms with E-state index in [2.05, 4.69) is 11.9 Å². The fourth-order valence-corrected chi connectivity index (χ4v) is 1.85. The molecule has 0 spiro atoms. The van der Waals surface area contributed by atoms with Gasteiger partial charge in [0.25, 0.3) is 0 Å². The van der Waals surface area contributed by atoms with Gasteiger partial charge in [0, 0.05) is 0 Å². The topological polar surface area (TPSA) is 51.6 Å². The number of aliphatic hydroxyl groups is 1. The van der Waals surface area contributed by atoms with E-state index in [9.17, 15) is 5.11 Å². The lowest BCUT2D eigenvalue weighted by Crippen LogP contribution is -1.99. The molecule has 1 heterocycles. The van der Waals surface area contributed by atoms with Crippen LogP contribution in [0.1, 0.15) is 38.5 Å². The molecule has 1 aromatic heterocycles. The molecule has 0 aliphatic heterocycles. The predicted molar refractivity (Wildman–Crippen MR) is 81.8 cm³/mol. The van der Waals surface area contributed by atoms with E-state index in [-0.39, 0.29) is 0 Å². The Morgan fingerprint density at radius 2 is 1.86 bits per heavy atom. The van der Waals surface area contributed by atoms with E-state index < -0.39 is 6.10 Å². The zero-order valence-electron chi connectivity index (χ0n) is 12.5. The molecule has 1 atom stereocenters. The monoisotopic (exact) mass is 287 g/mol. The molecule has 2 rings (SSSR count). The number of hydrogen-bond donors (Lipinski definition) is 1. The first kappa shape index (κ1) is 15.3. The van der Waals surface area contributed by atoms with Gasteiger partial charge in [0.05, 0.1) is 24.6 Å². The lowest BCUT2D eigenvalue weighted by atomic mass is 10.2. The minimum atomic E-state index is -0.528. The fraction of sp³-hybridized carbons (Fsp3) is 0.353. The highest BCUT2D eigenvalue weighted by atomic mass is 16.5. The summed E-state index contributed by atoms with van der Waals surface area (Å²) in [6.45, 7) is 4.63. The van der Waals surface area contributed by atoms with Crippen molar-refractivity contribution in [3.8, 4) is 17.2 Å². The van der Waals surface area contributed by atoms with E-state index in [4.69, 9.17) is 9.47 Å². The molecule has 4 heteroatoms. The molecule has 0 saturated heterocycles. The van der Waals surface area contributed by atoms with Crippen LogP contribution in [0.3, 0.4) is 0 Å². The molecular formula is C17H21NO3. The zero-order chi connectivity index (χ0) is 15.1. The third kappa shape index (κ3) is 4.20. The first-order chi connectivity index (χ1) is 10.2. The highest BCUT2D eigenvalue weighted by Crippen LogP contribution is 2.31. The molecule has 0 bridgehead atoms. The predicted octanol–water partition coefficient (Wildman–Crippen LogP) is 4.11. The summed E-state index contributed by atoms with van der Waals surface area (Å²) in [5.41, 5.74) is 0.653. The molecule has 0 saturated carbocycles. The third-order valence-electron chi connectivity index (χ3n) is 3.03. The van der Waals surface area contributed by atoms with E-state index in [1.807, 2.05) is 31.2 Å². The highest BCUT2D eigenvalue weighted by Gasteiger charge is 2.08. The van der Waals surface area contributed by atoms with Crippen LogP contribution in [0.25, 0.3) is 0 Å². The summed E-state index contributed by atoms with van der Waals surface area (Å²) in [4.78, 5) is 4.22. The van der Waals surface area contributed by atoms with Crippen LogP contribution in [-0.4, -0.2) is 16.7 Å². The standard InChI is InChI=1S/C17H21NO3/c1-3-11-20-16-7-5-6-8-17(16)21-13-9-10-14(18-12-13)15(19)4-2/h5-10,12,15,19H,3-4,11H2,1-2H3/t15-/m1/s1. The minimum absolute atomic E-state index is 0.528. The van der Waals surface area contributed by atoms with E-state index in [0.717, 1.165) is 12.2 Å².